The summed E-state index contributed by atoms with van der Waals surface area (Å²) in [4.78, 5) is 10.0. The predicted octanol–water partition coefficient (Wildman–Crippen LogP) is 1.71. The molecule has 21 heavy (non-hydrogen) atoms. The SMILES string of the molecule is CC[n+]1ccc(C=O)cc1.Cc1ccc(S(=O)(=O)[O-])cc1. The molecular weight excluding hydrogens is 290 g/mol. The lowest BCUT2D eigenvalue weighted by Gasteiger charge is -2.05. The van der Waals surface area contributed by atoms with Crippen LogP contribution in [0.3, 0.4) is 0 Å². The van der Waals surface area contributed by atoms with E-state index in [2.05, 4.69) is 6.92 Å². The van der Waals surface area contributed by atoms with Crippen molar-refractivity contribution in [3.8, 4) is 0 Å². The zero-order chi connectivity index (χ0) is 15.9. The van der Waals surface area contributed by atoms with Crippen molar-refractivity contribution < 1.29 is 22.3 Å². The van der Waals surface area contributed by atoms with Gasteiger partial charge in [-0.3, -0.25) is 4.79 Å². The Hall–Kier alpha value is -2.05. The Morgan fingerprint density at radius 2 is 1.62 bits per heavy atom. The third-order valence-electron chi connectivity index (χ3n) is 2.73. The molecule has 2 aromatic rings. The second-order valence-electron chi connectivity index (χ2n) is 4.35. The summed E-state index contributed by atoms with van der Waals surface area (Å²) >= 11 is 0. The first-order valence-corrected chi connectivity index (χ1v) is 7.74. The van der Waals surface area contributed by atoms with Crippen molar-refractivity contribution in [1.29, 1.82) is 0 Å². The first-order chi connectivity index (χ1) is 9.86. The molecule has 0 amide bonds. The Morgan fingerprint density at radius 3 is 2.00 bits per heavy atom. The van der Waals surface area contributed by atoms with E-state index in [0.717, 1.165) is 24.0 Å². The van der Waals surface area contributed by atoms with Crippen LogP contribution in [0.15, 0.2) is 53.7 Å². The minimum Gasteiger partial charge on any atom is -0.744 e. The average Bonchev–Trinajstić information content (AvgIpc) is 2.47. The fourth-order valence-corrected chi connectivity index (χ4v) is 1.93. The van der Waals surface area contributed by atoms with Crippen LogP contribution in [0.1, 0.15) is 22.8 Å². The topological polar surface area (TPSA) is 78.1 Å². The summed E-state index contributed by atoms with van der Waals surface area (Å²) in [5.41, 5.74) is 1.65. The number of benzene rings is 1. The van der Waals surface area contributed by atoms with Crippen LogP contribution >= 0.6 is 0 Å². The molecule has 0 saturated heterocycles. The van der Waals surface area contributed by atoms with E-state index < -0.39 is 10.1 Å². The maximum Gasteiger partial charge on any atom is 0.169 e. The Balaban J connectivity index is 0.000000211. The van der Waals surface area contributed by atoms with Gasteiger partial charge in [0.25, 0.3) is 0 Å². The molecule has 112 valence electrons. The van der Waals surface area contributed by atoms with E-state index in [0.29, 0.717) is 0 Å². The first-order valence-electron chi connectivity index (χ1n) is 6.33. The highest BCUT2D eigenvalue weighted by Gasteiger charge is 1.97. The van der Waals surface area contributed by atoms with E-state index in [1.165, 1.54) is 12.1 Å². The van der Waals surface area contributed by atoms with E-state index in [1.807, 2.05) is 23.9 Å². The Kier molecular flexibility index (Phi) is 6.20. The van der Waals surface area contributed by atoms with Crippen LogP contribution in [0.5, 0.6) is 0 Å². The Bertz CT molecular complexity index is 677. The van der Waals surface area contributed by atoms with Crippen molar-refractivity contribution in [2.24, 2.45) is 0 Å². The van der Waals surface area contributed by atoms with Crippen LogP contribution in [-0.4, -0.2) is 19.3 Å². The van der Waals surface area contributed by atoms with Gasteiger partial charge in [0, 0.05) is 17.7 Å². The van der Waals surface area contributed by atoms with E-state index in [-0.39, 0.29) is 4.90 Å². The summed E-state index contributed by atoms with van der Waals surface area (Å²) < 4.78 is 33.2. The van der Waals surface area contributed by atoms with Crippen LogP contribution in [-0.2, 0) is 16.7 Å². The number of rotatable bonds is 3. The summed E-state index contributed by atoms with van der Waals surface area (Å²) in [7, 11) is -4.27. The van der Waals surface area contributed by atoms with Gasteiger partial charge in [-0.25, -0.2) is 13.0 Å². The molecule has 0 radical (unpaired) electrons. The van der Waals surface area contributed by atoms with E-state index in [9.17, 15) is 17.8 Å². The molecule has 0 atom stereocenters. The smallest absolute Gasteiger partial charge is 0.169 e. The fraction of sp³-hybridized carbons (Fsp3) is 0.200. The molecule has 0 fully saturated rings. The largest absolute Gasteiger partial charge is 0.744 e. The van der Waals surface area contributed by atoms with Crippen molar-refractivity contribution in [2.75, 3.05) is 0 Å². The van der Waals surface area contributed by atoms with Crippen LogP contribution < -0.4 is 4.57 Å². The molecule has 0 N–H and O–H groups in total. The third kappa shape index (κ3) is 5.85. The quantitative estimate of drug-likeness (QED) is 0.491. The molecule has 0 aliphatic rings. The monoisotopic (exact) mass is 307 g/mol. The van der Waals surface area contributed by atoms with Crippen LogP contribution in [0, 0.1) is 6.92 Å². The normalized spacial score (nSPS) is 10.4. The molecule has 1 heterocycles. The number of aryl methyl sites for hydroxylation is 2. The summed E-state index contributed by atoms with van der Waals surface area (Å²) in [6.07, 6.45) is 4.63. The summed E-state index contributed by atoms with van der Waals surface area (Å²) in [6, 6.07) is 9.39. The molecule has 1 aromatic carbocycles. The zero-order valence-electron chi connectivity index (χ0n) is 11.9. The van der Waals surface area contributed by atoms with Crippen molar-refractivity contribution in [1.82, 2.24) is 0 Å². The van der Waals surface area contributed by atoms with E-state index >= 15 is 0 Å². The van der Waals surface area contributed by atoms with Crippen LogP contribution in [0.25, 0.3) is 0 Å². The number of hydrogen-bond acceptors (Lipinski definition) is 4. The second kappa shape index (κ2) is 7.66. The molecular formula is C15H17NO4S. The summed E-state index contributed by atoms with van der Waals surface area (Å²) in [5, 5.41) is 0. The maximum atomic E-state index is 10.4. The predicted molar refractivity (Wildman–Crippen MR) is 76.8 cm³/mol. The molecule has 1 aromatic heterocycles. The first kappa shape index (κ1) is 17.0. The van der Waals surface area contributed by atoms with Crippen molar-refractivity contribution in [3.63, 3.8) is 0 Å². The number of aromatic nitrogens is 1. The highest BCUT2D eigenvalue weighted by Crippen LogP contribution is 2.08. The molecule has 0 unspecified atom stereocenters. The number of carbonyl (C=O) groups excluding carboxylic acids is 1. The lowest BCUT2D eigenvalue weighted by molar-refractivity contribution is -0.693. The molecule has 0 spiro atoms. The fourth-order valence-electron chi connectivity index (χ4n) is 1.46. The molecule has 2 rings (SSSR count). The molecule has 6 heteroatoms. The van der Waals surface area contributed by atoms with E-state index in [1.54, 1.807) is 24.3 Å². The lowest BCUT2D eigenvalue weighted by atomic mass is 10.2. The summed E-state index contributed by atoms with van der Waals surface area (Å²) in [6.45, 7) is 4.82. The van der Waals surface area contributed by atoms with Crippen molar-refractivity contribution in [3.05, 3.63) is 59.9 Å². The van der Waals surface area contributed by atoms with Gasteiger partial charge >= 0.3 is 0 Å². The molecule has 5 nitrogen and oxygen atoms in total. The highest BCUT2D eigenvalue weighted by molar-refractivity contribution is 7.85. The van der Waals surface area contributed by atoms with Gasteiger partial charge in [0.2, 0.25) is 0 Å². The number of nitrogens with zero attached hydrogens (tertiary/aromatic N) is 1. The van der Waals surface area contributed by atoms with Crippen molar-refractivity contribution in [2.45, 2.75) is 25.3 Å². The Morgan fingerprint density at radius 1 is 1.10 bits per heavy atom. The molecule has 0 saturated carbocycles. The van der Waals surface area contributed by atoms with Gasteiger partial charge in [-0.05, 0) is 26.0 Å². The third-order valence-corrected chi connectivity index (χ3v) is 3.58. The lowest BCUT2D eigenvalue weighted by Crippen LogP contribution is -2.30. The van der Waals surface area contributed by atoms with Crippen molar-refractivity contribution >= 4 is 16.4 Å². The zero-order valence-corrected chi connectivity index (χ0v) is 12.7. The number of carbonyl (C=O) groups is 1. The minimum atomic E-state index is -4.27. The standard InChI is InChI=1S/C8H10NO.C7H8O3S/c1-2-9-5-3-8(7-10)4-6-9;1-6-2-4-7(5-3-6)11(8,9)10/h3-7H,2H2,1H3;2-5H,1H3,(H,8,9,10)/q+1;/p-1. The molecule has 0 aliphatic heterocycles. The minimum absolute atomic E-state index is 0.178. The van der Waals surface area contributed by atoms with Gasteiger partial charge in [-0.1, -0.05) is 17.7 Å². The van der Waals surface area contributed by atoms with Gasteiger partial charge in [-0.2, -0.15) is 0 Å². The average molecular weight is 307 g/mol. The van der Waals surface area contributed by atoms with Gasteiger partial charge in [0.15, 0.2) is 18.7 Å². The van der Waals surface area contributed by atoms with E-state index in [4.69, 9.17) is 0 Å². The number of aldehydes is 1. The van der Waals surface area contributed by atoms with Gasteiger partial charge in [-0.15, -0.1) is 0 Å². The number of pyridine rings is 1. The van der Waals surface area contributed by atoms with Crippen LogP contribution in [0.4, 0.5) is 0 Å². The van der Waals surface area contributed by atoms with Gasteiger partial charge in [0.1, 0.15) is 16.7 Å². The van der Waals surface area contributed by atoms with Gasteiger partial charge in [0.05, 0.1) is 4.90 Å². The number of hydrogen-bond donors (Lipinski definition) is 0. The second-order valence-corrected chi connectivity index (χ2v) is 5.73. The van der Waals surface area contributed by atoms with Crippen LogP contribution in [0.2, 0.25) is 0 Å². The Labute approximate surface area is 124 Å². The van der Waals surface area contributed by atoms with Gasteiger partial charge < -0.3 is 4.55 Å². The highest BCUT2D eigenvalue weighted by atomic mass is 32.2. The summed E-state index contributed by atoms with van der Waals surface area (Å²) in [5.74, 6) is 0. The maximum absolute atomic E-state index is 10.4. The molecule has 0 aliphatic carbocycles. The molecule has 0 bridgehead atoms.